The summed E-state index contributed by atoms with van der Waals surface area (Å²) in [6, 6.07) is 6.51. The maximum atomic E-state index is 12.4. The van der Waals surface area contributed by atoms with Gasteiger partial charge in [0.1, 0.15) is 0 Å². The summed E-state index contributed by atoms with van der Waals surface area (Å²) in [7, 11) is 0. The third-order valence-corrected chi connectivity index (χ3v) is 4.78. The van der Waals surface area contributed by atoms with Gasteiger partial charge in [-0.05, 0) is 30.7 Å². The first kappa shape index (κ1) is 14.4. The second kappa shape index (κ2) is 5.69. The van der Waals surface area contributed by atoms with Gasteiger partial charge in [0, 0.05) is 23.7 Å². The van der Waals surface area contributed by atoms with Gasteiger partial charge in [0.05, 0.1) is 11.8 Å². The summed E-state index contributed by atoms with van der Waals surface area (Å²) in [5.74, 6) is -0.0443. The van der Waals surface area contributed by atoms with E-state index in [1.165, 1.54) is 4.90 Å². The van der Waals surface area contributed by atoms with Crippen LogP contribution in [-0.4, -0.2) is 51.7 Å². The van der Waals surface area contributed by atoms with Crippen molar-refractivity contribution in [2.24, 2.45) is 0 Å². The van der Waals surface area contributed by atoms with Crippen LogP contribution in [0.15, 0.2) is 24.3 Å². The van der Waals surface area contributed by atoms with Gasteiger partial charge in [-0.15, -0.1) is 0 Å². The van der Waals surface area contributed by atoms with Gasteiger partial charge >= 0.3 is 0 Å². The SMILES string of the molecule is O=C(c1ccc(Cl)cc1)N1CCC(N2C(=O)CSC2=O)C1. The molecule has 2 fully saturated rings. The van der Waals surface area contributed by atoms with Crippen molar-refractivity contribution in [1.82, 2.24) is 9.80 Å². The van der Waals surface area contributed by atoms with Crippen LogP contribution in [0, 0.1) is 0 Å². The van der Waals surface area contributed by atoms with Crippen molar-refractivity contribution in [2.75, 3.05) is 18.8 Å². The van der Waals surface area contributed by atoms with Gasteiger partial charge in [-0.2, -0.15) is 0 Å². The number of imide groups is 1. The van der Waals surface area contributed by atoms with Crippen LogP contribution in [0.3, 0.4) is 0 Å². The molecule has 0 spiro atoms. The van der Waals surface area contributed by atoms with E-state index < -0.39 is 0 Å². The van der Waals surface area contributed by atoms with E-state index in [4.69, 9.17) is 11.6 Å². The summed E-state index contributed by atoms with van der Waals surface area (Å²) >= 11 is 6.84. The maximum absolute atomic E-state index is 12.4. The van der Waals surface area contributed by atoms with Gasteiger partial charge in [-0.25, -0.2) is 0 Å². The van der Waals surface area contributed by atoms with E-state index in [0.717, 1.165) is 11.8 Å². The molecule has 1 unspecified atom stereocenters. The molecule has 0 N–H and O–H groups in total. The minimum atomic E-state index is -0.203. The molecule has 2 aliphatic rings. The molecule has 1 atom stereocenters. The minimum Gasteiger partial charge on any atom is -0.336 e. The number of nitrogens with zero attached hydrogens (tertiary/aromatic N) is 2. The zero-order valence-corrected chi connectivity index (χ0v) is 12.7. The Morgan fingerprint density at radius 1 is 1.24 bits per heavy atom. The third kappa shape index (κ3) is 2.78. The highest BCUT2D eigenvalue weighted by molar-refractivity contribution is 8.14. The fourth-order valence-electron chi connectivity index (χ4n) is 2.63. The van der Waals surface area contributed by atoms with Gasteiger partial charge in [-0.3, -0.25) is 19.3 Å². The summed E-state index contributed by atoms with van der Waals surface area (Å²) in [6.07, 6.45) is 0.636. The maximum Gasteiger partial charge on any atom is 0.289 e. The zero-order valence-electron chi connectivity index (χ0n) is 11.1. The number of carbonyl (C=O) groups excluding carboxylic acids is 3. The van der Waals surface area contributed by atoms with E-state index in [-0.39, 0.29) is 28.8 Å². The molecular weight excluding hydrogens is 312 g/mol. The standard InChI is InChI=1S/C14H13ClN2O3S/c15-10-3-1-9(2-4-10)13(19)16-6-5-11(7-16)17-12(18)8-21-14(17)20/h1-4,11H,5-8H2. The lowest BCUT2D eigenvalue weighted by atomic mass is 10.2. The van der Waals surface area contributed by atoms with Gasteiger partial charge in [0.2, 0.25) is 5.91 Å². The molecule has 0 saturated carbocycles. The number of hydrogen-bond donors (Lipinski definition) is 0. The number of benzene rings is 1. The predicted molar refractivity (Wildman–Crippen MR) is 80.5 cm³/mol. The molecule has 3 amide bonds. The lowest BCUT2D eigenvalue weighted by Crippen LogP contribution is -2.41. The number of halogens is 1. The molecule has 1 aromatic carbocycles. The Balaban J connectivity index is 1.69. The molecule has 110 valence electrons. The normalized spacial score (nSPS) is 22.2. The summed E-state index contributed by atoms with van der Waals surface area (Å²) in [4.78, 5) is 38.8. The molecule has 1 aromatic rings. The van der Waals surface area contributed by atoms with Crippen LogP contribution >= 0.6 is 23.4 Å². The lowest BCUT2D eigenvalue weighted by molar-refractivity contribution is -0.126. The Kier molecular flexibility index (Phi) is 3.91. The highest BCUT2D eigenvalue weighted by Gasteiger charge is 2.40. The Morgan fingerprint density at radius 2 is 1.95 bits per heavy atom. The lowest BCUT2D eigenvalue weighted by Gasteiger charge is -2.22. The van der Waals surface area contributed by atoms with Crippen LogP contribution in [0.25, 0.3) is 0 Å². The summed E-state index contributed by atoms with van der Waals surface area (Å²) in [5, 5.41) is 0.377. The molecule has 5 nitrogen and oxygen atoms in total. The first-order valence-electron chi connectivity index (χ1n) is 6.60. The van der Waals surface area contributed by atoms with Crippen LogP contribution in [-0.2, 0) is 4.79 Å². The average Bonchev–Trinajstić information content (AvgIpc) is 3.06. The Labute approximate surface area is 131 Å². The zero-order chi connectivity index (χ0) is 15.0. The molecule has 3 rings (SSSR count). The Hall–Kier alpha value is -1.53. The highest BCUT2D eigenvalue weighted by Crippen LogP contribution is 2.27. The smallest absolute Gasteiger partial charge is 0.289 e. The second-order valence-electron chi connectivity index (χ2n) is 5.02. The van der Waals surface area contributed by atoms with Gasteiger partial charge in [0.15, 0.2) is 0 Å². The molecule has 7 heteroatoms. The topological polar surface area (TPSA) is 57.7 Å². The van der Waals surface area contributed by atoms with E-state index in [1.807, 2.05) is 0 Å². The second-order valence-corrected chi connectivity index (χ2v) is 6.38. The molecule has 0 radical (unpaired) electrons. The molecule has 21 heavy (non-hydrogen) atoms. The van der Waals surface area contributed by atoms with Crippen molar-refractivity contribution in [1.29, 1.82) is 0 Å². The predicted octanol–water partition coefficient (Wildman–Crippen LogP) is 2.25. The van der Waals surface area contributed by atoms with Crippen molar-refractivity contribution >= 4 is 40.4 Å². The third-order valence-electron chi connectivity index (χ3n) is 3.69. The molecule has 0 bridgehead atoms. The number of amides is 3. The Morgan fingerprint density at radius 3 is 2.57 bits per heavy atom. The molecule has 2 saturated heterocycles. The van der Waals surface area contributed by atoms with E-state index >= 15 is 0 Å². The summed E-state index contributed by atoms with van der Waals surface area (Å²) < 4.78 is 0. The minimum absolute atomic E-state index is 0.0964. The number of likely N-dealkylation sites (tertiary alicyclic amines) is 1. The van der Waals surface area contributed by atoms with E-state index in [1.54, 1.807) is 29.2 Å². The Bertz CT molecular complexity index is 589. The van der Waals surface area contributed by atoms with Crippen LogP contribution in [0.4, 0.5) is 4.79 Å². The molecule has 2 aliphatic heterocycles. The number of carbonyl (C=O) groups is 3. The van der Waals surface area contributed by atoms with E-state index in [0.29, 0.717) is 30.1 Å². The fourth-order valence-corrected chi connectivity index (χ4v) is 3.53. The van der Waals surface area contributed by atoms with Gasteiger partial charge < -0.3 is 4.90 Å². The van der Waals surface area contributed by atoms with Gasteiger partial charge in [0.25, 0.3) is 11.1 Å². The van der Waals surface area contributed by atoms with Gasteiger partial charge in [-0.1, -0.05) is 23.4 Å². The van der Waals surface area contributed by atoms with Crippen LogP contribution in [0.5, 0.6) is 0 Å². The van der Waals surface area contributed by atoms with Crippen LogP contribution in [0.2, 0.25) is 5.02 Å². The first-order valence-corrected chi connectivity index (χ1v) is 7.96. The van der Waals surface area contributed by atoms with Crippen molar-refractivity contribution in [3.63, 3.8) is 0 Å². The van der Waals surface area contributed by atoms with Crippen molar-refractivity contribution in [3.05, 3.63) is 34.9 Å². The number of hydrogen-bond acceptors (Lipinski definition) is 4. The summed E-state index contributed by atoms with van der Waals surface area (Å²) in [6.45, 7) is 0.952. The van der Waals surface area contributed by atoms with Crippen molar-refractivity contribution in [2.45, 2.75) is 12.5 Å². The number of rotatable bonds is 2. The molecule has 0 aromatic heterocycles. The van der Waals surface area contributed by atoms with E-state index in [9.17, 15) is 14.4 Å². The quantitative estimate of drug-likeness (QED) is 0.837. The number of thioether (sulfide) groups is 1. The van der Waals surface area contributed by atoms with Crippen molar-refractivity contribution in [3.8, 4) is 0 Å². The monoisotopic (exact) mass is 324 g/mol. The van der Waals surface area contributed by atoms with E-state index in [2.05, 4.69) is 0 Å². The molecule has 0 aliphatic carbocycles. The highest BCUT2D eigenvalue weighted by atomic mass is 35.5. The largest absolute Gasteiger partial charge is 0.336 e. The van der Waals surface area contributed by atoms with Crippen LogP contribution < -0.4 is 0 Å². The van der Waals surface area contributed by atoms with Crippen molar-refractivity contribution < 1.29 is 14.4 Å². The average molecular weight is 325 g/mol. The van der Waals surface area contributed by atoms with Crippen LogP contribution in [0.1, 0.15) is 16.8 Å². The molecule has 2 heterocycles. The molecular formula is C14H13ClN2O3S. The fraction of sp³-hybridized carbons (Fsp3) is 0.357. The summed E-state index contributed by atoms with van der Waals surface area (Å²) in [5.41, 5.74) is 0.563. The first-order chi connectivity index (χ1) is 10.1.